The molecule has 6 nitrogen and oxygen atoms in total. The molecule has 0 aromatic heterocycles. The van der Waals surface area contributed by atoms with E-state index in [9.17, 15) is 9.59 Å². The number of anilines is 1. The fourth-order valence-electron chi connectivity index (χ4n) is 2.32. The highest BCUT2D eigenvalue weighted by Gasteiger charge is 2.31. The van der Waals surface area contributed by atoms with Gasteiger partial charge in [-0.05, 0) is 44.7 Å². The fraction of sp³-hybridized carbons (Fsp3) is 0.500. The van der Waals surface area contributed by atoms with Gasteiger partial charge in [-0.1, -0.05) is 12.1 Å². The lowest BCUT2D eigenvalue weighted by atomic mass is 10.1. The molecule has 1 aliphatic rings. The molecule has 120 valence electrons. The van der Waals surface area contributed by atoms with Gasteiger partial charge in [-0.15, -0.1) is 0 Å². The van der Waals surface area contributed by atoms with Crippen LogP contribution in [0.25, 0.3) is 0 Å². The summed E-state index contributed by atoms with van der Waals surface area (Å²) < 4.78 is 0. The second-order valence-electron chi connectivity index (χ2n) is 5.95. The van der Waals surface area contributed by atoms with E-state index in [1.54, 1.807) is 24.3 Å². The third kappa shape index (κ3) is 4.46. The lowest BCUT2D eigenvalue weighted by Crippen LogP contribution is -2.42. The second-order valence-corrected chi connectivity index (χ2v) is 5.95. The second kappa shape index (κ2) is 7.26. The van der Waals surface area contributed by atoms with Crippen molar-refractivity contribution >= 4 is 17.6 Å². The minimum Gasteiger partial charge on any atom is -0.348 e. The first-order valence-electron chi connectivity index (χ1n) is 7.68. The number of nitrogens with two attached hydrogens (primary N) is 1. The van der Waals surface area contributed by atoms with Crippen LogP contribution in [0, 0.1) is 5.92 Å². The standard InChI is InChI=1S/C16H24N4O2/c1-10(2)18-16(22)20-13-6-4-3-5-12(13)15(21)19-14(9-17)11-7-8-11/h3-6,10-11,14H,7-9,17H2,1-2H3,(H,19,21)(H2,18,20,22). The molecular formula is C16H24N4O2. The Morgan fingerprint density at radius 1 is 1.23 bits per heavy atom. The van der Waals surface area contributed by atoms with Crippen LogP contribution in [-0.4, -0.2) is 30.6 Å². The van der Waals surface area contributed by atoms with Crippen molar-refractivity contribution in [3.05, 3.63) is 29.8 Å². The van der Waals surface area contributed by atoms with E-state index in [-0.39, 0.29) is 24.0 Å². The van der Waals surface area contributed by atoms with Crippen molar-refractivity contribution in [2.24, 2.45) is 11.7 Å². The number of carbonyl (C=O) groups excluding carboxylic acids is 2. The van der Waals surface area contributed by atoms with Crippen LogP contribution in [-0.2, 0) is 0 Å². The Balaban J connectivity index is 2.06. The first kappa shape index (κ1) is 16.3. The third-order valence-corrected chi connectivity index (χ3v) is 3.60. The highest BCUT2D eigenvalue weighted by atomic mass is 16.2. The van der Waals surface area contributed by atoms with Crippen LogP contribution in [0.1, 0.15) is 37.0 Å². The number of nitrogens with one attached hydrogen (secondary N) is 3. The van der Waals surface area contributed by atoms with Gasteiger partial charge in [0.25, 0.3) is 5.91 Å². The molecule has 22 heavy (non-hydrogen) atoms. The van der Waals surface area contributed by atoms with Crippen LogP contribution in [0.2, 0.25) is 0 Å². The van der Waals surface area contributed by atoms with Gasteiger partial charge in [-0.3, -0.25) is 4.79 Å². The molecule has 0 spiro atoms. The largest absolute Gasteiger partial charge is 0.348 e. The van der Waals surface area contributed by atoms with Gasteiger partial charge < -0.3 is 21.7 Å². The zero-order valence-electron chi connectivity index (χ0n) is 13.1. The molecule has 5 N–H and O–H groups in total. The molecule has 1 aliphatic carbocycles. The normalized spacial score (nSPS) is 15.3. The minimum atomic E-state index is -0.326. The zero-order chi connectivity index (χ0) is 16.1. The van der Waals surface area contributed by atoms with Crippen molar-refractivity contribution in [3.63, 3.8) is 0 Å². The van der Waals surface area contributed by atoms with Crippen molar-refractivity contribution in [2.45, 2.75) is 38.8 Å². The Hall–Kier alpha value is -2.08. The van der Waals surface area contributed by atoms with Gasteiger partial charge in [0, 0.05) is 18.6 Å². The lowest BCUT2D eigenvalue weighted by Gasteiger charge is -2.18. The summed E-state index contributed by atoms with van der Waals surface area (Å²) in [5, 5.41) is 8.42. The third-order valence-electron chi connectivity index (χ3n) is 3.60. The summed E-state index contributed by atoms with van der Waals surface area (Å²) in [6.07, 6.45) is 2.22. The number of amides is 3. The maximum absolute atomic E-state index is 12.4. The predicted octanol–water partition coefficient (Wildman–Crippen LogP) is 1.68. The summed E-state index contributed by atoms with van der Waals surface area (Å²) in [5.41, 5.74) is 6.65. The Morgan fingerprint density at radius 2 is 1.91 bits per heavy atom. The van der Waals surface area contributed by atoms with Gasteiger partial charge in [-0.25, -0.2) is 4.79 Å². The molecule has 3 amide bonds. The molecule has 1 atom stereocenters. The Kier molecular flexibility index (Phi) is 5.38. The van der Waals surface area contributed by atoms with Crippen LogP contribution in [0.15, 0.2) is 24.3 Å². The molecular weight excluding hydrogens is 280 g/mol. The molecule has 0 saturated heterocycles. The van der Waals surface area contributed by atoms with Crippen molar-refractivity contribution in [2.75, 3.05) is 11.9 Å². The van der Waals surface area contributed by atoms with Gasteiger partial charge in [0.05, 0.1) is 11.3 Å². The predicted molar refractivity (Wildman–Crippen MR) is 86.8 cm³/mol. The van der Waals surface area contributed by atoms with E-state index in [2.05, 4.69) is 16.0 Å². The molecule has 0 radical (unpaired) electrons. The first-order valence-corrected chi connectivity index (χ1v) is 7.68. The summed E-state index contributed by atoms with van der Waals surface area (Å²) in [4.78, 5) is 24.3. The number of urea groups is 1. The zero-order valence-corrected chi connectivity index (χ0v) is 13.1. The van der Waals surface area contributed by atoms with Gasteiger partial charge in [0.2, 0.25) is 0 Å². The summed E-state index contributed by atoms with van der Waals surface area (Å²) in [6.45, 7) is 4.18. The van der Waals surface area contributed by atoms with E-state index in [4.69, 9.17) is 5.73 Å². The van der Waals surface area contributed by atoms with Crippen molar-refractivity contribution in [1.29, 1.82) is 0 Å². The van der Waals surface area contributed by atoms with Crippen molar-refractivity contribution in [3.8, 4) is 0 Å². The number of carbonyl (C=O) groups is 2. The van der Waals surface area contributed by atoms with Crippen LogP contribution < -0.4 is 21.7 Å². The van der Waals surface area contributed by atoms with E-state index >= 15 is 0 Å². The maximum atomic E-state index is 12.4. The summed E-state index contributed by atoms with van der Waals surface area (Å²) in [6, 6.07) is 6.66. The molecule has 0 aliphatic heterocycles. The van der Waals surface area contributed by atoms with E-state index in [1.807, 2.05) is 13.8 Å². The molecule has 0 bridgehead atoms. The number of para-hydroxylation sites is 1. The van der Waals surface area contributed by atoms with Gasteiger partial charge in [-0.2, -0.15) is 0 Å². The molecule has 6 heteroatoms. The van der Waals surface area contributed by atoms with Crippen LogP contribution in [0.3, 0.4) is 0 Å². The molecule has 1 saturated carbocycles. The Labute approximate surface area is 130 Å². The van der Waals surface area contributed by atoms with Gasteiger partial charge in [0.15, 0.2) is 0 Å². The molecule has 1 fully saturated rings. The number of benzene rings is 1. The van der Waals surface area contributed by atoms with Crippen LogP contribution >= 0.6 is 0 Å². The van der Waals surface area contributed by atoms with E-state index in [1.165, 1.54) is 0 Å². The Bertz CT molecular complexity index is 541. The number of hydrogen-bond donors (Lipinski definition) is 4. The summed E-state index contributed by atoms with van der Waals surface area (Å²) in [7, 11) is 0. The lowest BCUT2D eigenvalue weighted by molar-refractivity contribution is 0.0934. The van der Waals surface area contributed by atoms with E-state index in [0.29, 0.717) is 23.7 Å². The van der Waals surface area contributed by atoms with Gasteiger partial charge >= 0.3 is 6.03 Å². The van der Waals surface area contributed by atoms with E-state index in [0.717, 1.165) is 12.8 Å². The van der Waals surface area contributed by atoms with Gasteiger partial charge in [0.1, 0.15) is 0 Å². The topological polar surface area (TPSA) is 96.2 Å². The average Bonchev–Trinajstić information content (AvgIpc) is 3.28. The van der Waals surface area contributed by atoms with Crippen molar-refractivity contribution < 1.29 is 9.59 Å². The number of rotatable bonds is 6. The van der Waals surface area contributed by atoms with Crippen molar-refractivity contribution in [1.82, 2.24) is 10.6 Å². The van der Waals surface area contributed by atoms with Crippen LogP contribution in [0.5, 0.6) is 0 Å². The quantitative estimate of drug-likeness (QED) is 0.644. The molecule has 1 aromatic rings. The summed E-state index contributed by atoms with van der Waals surface area (Å²) >= 11 is 0. The summed E-state index contributed by atoms with van der Waals surface area (Å²) in [5.74, 6) is 0.279. The molecule has 1 aromatic carbocycles. The molecule has 1 unspecified atom stereocenters. The maximum Gasteiger partial charge on any atom is 0.319 e. The minimum absolute atomic E-state index is 0.00467. The smallest absolute Gasteiger partial charge is 0.319 e. The average molecular weight is 304 g/mol. The molecule has 0 heterocycles. The van der Waals surface area contributed by atoms with E-state index < -0.39 is 0 Å². The highest BCUT2D eigenvalue weighted by Crippen LogP contribution is 2.32. The van der Waals surface area contributed by atoms with Crippen LogP contribution in [0.4, 0.5) is 10.5 Å². The monoisotopic (exact) mass is 304 g/mol. The highest BCUT2D eigenvalue weighted by molar-refractivity contribution is 6.03. The fourth-order valence-corrected chi connectivity index (χ4v) is 2.32. The Morgan fingerprint density at radius 3 is 2.50 bits per heavy atom. The SMILES string of the molecule is CC(C)NC(=O)Nc1ccccc1C(=O)NC(CN)C1CC1. The number of hydrogen-bond acceptors (Lipinski definition) is 3. The first-order chi connectivity index (χ1) is 10.5. The molecule has 2 rings (SSSR count).